The second-order valence-corrected chi connectivity index (χ2v) is 14.0. The molecule has 0 fully saturated rings. The molecule has 0 N–H and O–H groups in total. The van der Waals surface area contributed by atoms with Crippen LogP contribution in [0.4, 0.5) is 0 Å². The highest BCUT2D eigenvalue weighted by Crippen LogP contribution is 2.38. The number of aryl methyl sites for hydroxylation is 2. The lowest BCUT2D eigenvalue weighted by atomic mass is 9.99. The Morgan fingerprint density at radius 3 is 1.27 bits per heavy atom. The molecule has 0 unspecified atom stereocenters. The van der Waals surface area contributed by atoms with E-state index in [1.54, 1.807) is 0 Å². The van der Waals surface area contributed by atoms with Crippen LogP contribution in [0, 0.1) is 0 Å². The van der Waals surface area contributed by atoms with E-state index in [-0.39, 0.29) is 0 Å². The zero-order valence-corrected chi connectivity index (χ0v) is 28.6. The maximum Gasteiger partial charge on any atom is 0.0543 e. The number of hydrogen-bond acceptors (Lipinski definition) is 0. The number of allylic oxidation sites excluding steroid dienone is 2. The molecule has 0 spiro atoms. The lowest BCUT2D eigenvalue weighted by molar-refractivity contribution is 0.966. The number of nitrogens with zero attached hydrogens (tertiary/aromatic N) is 2. The van der Waals surface area contributed by atoms with Gasteiger partial charge < -0.3 is 9.13 Å². The van der Waals surface area contributed by atoms with Crippen LogP contribution in [0.15, 0.2) is 158 Å². The van der Waals surface area contributed by atoms with Crippen LogP contribution < -0.4 is 0 Å². The van der Waals surface area contributed by atoms with Crippen LogP contribution in [0.25, 0.3) is 67.6 Å². The van der Waals surface area contributed by atoms with E-state index in [9.17, 15) is 0 Å². The highest BCUT2D eigenvalue weighted by Gasteiger charge is 2.21. The standard InChI is InChI=1S/C49H38N2/c1-3-11-36(12-4-1)38-23-29-44-42-15-7-9-17-46(42)50(48(44)32-38)40-25-19-34(20-26-40)31-35-21-27-41(28-22-35)51-47-18-10-8-16-43(47)45-30-24-39(33-49(45)51)37-13-5-2-6-14-37/h1-6,9-14,17-30,32-33H,7-8,15-16,31H2. The van der Waals surface area contributed by atoms with Gasteiger partial charge >= 0.3 is 0 Å². The molecule has 0 saturated carbocycles. The Bertz CT molecular complexity index is 2430. The molecule has 10 rings (SSSR count). The molecule has 0 atom stereocenters. The van der Waals surface area contributed by atoms with Gasteiger partial charge in [-0.15, -0.1) is 0 Å². The summed E-state index contributed by atoms with van der Waals surface area (Å²) in [6.07, 6.45) is 14.5. The van der Waals surface area contributed by atoms with E-state index in [2.05, 4.69) is 179 Å². The van der Waals surface area contributed by atoms with Gasteiger partial charge in [0, 0.05) is 33.5 Å². The van der Waals surface area contributed by atoms with Gasteiger partial charge in [0.05, 0.1) is 11.0 Å². The van der Waals surface area contributed by atoms with Crippen LogP contribution in [0.2, 0.25) is 0 Å². The van der Waals surface area contributed by atoms with E-state index in [1.807, 2.05) is 0 Å². The van der Waals surface area contributed by atoms with Crippen LogP contribution in [0.5, 0.6) is 0 Å². The minimum absolute atomic E-state index is 0.895. The van der Waals surface area contributed by atoms with Gasteiger partial charge in [0.1, 0.15) is 0 Å². The Morgan fingerprint density at radius 1 is 0.412 bits per heavy atom. The van der Waals surface area contributed by atoms with E-state index < -0.39 is 0 Å². The summed E-state index contributed by atoms with van der Waals surface area (Å²) in [5.41, 5.74) is 18.2. The average molecular weight is 655 g/mol. The maximum absolute atomic E-state index is 2.46. The second kappa shape index (κ2) is 12.3. The number of benzene rings is 6. The van der Waals surface area contributed by atoms with Gasteiger partial charge in [0.2, 0.25) is 0 Å². The van der Waals surface area contributed by atoms with Crippen molar-refractivity contribution in [1.82, 2.24) is 9.13 Å². The minimum Gasteiger partial charge on any atom is -0.310 e. The van der Waals surface area contributed by atoms with Crippen molar-refractivity contribution < 1.29 is 0 Å². The molecular weight excluding hydrogens is 617 g/mol. The Labute approximate surface area is 299 Å². The normalized spacial score (nSPS) is 13.5. The van der Waals surface area contributed by atoms with Crippen LogP contribution in [-0.2, 0) is 19.3 Å². The second-order valence-electron chi connectivity index (χ2n) is 14.0. The predicted octanol–water partition coefficient (Wildman–Crippen LogP) is 12.4. The fraction of sp³-hybridized carbons (Fsp3) is 0.102. The number of aromatic nitrogens is 2. The van der Waals surface area contributed by atoms with E-state index in [0.717, 1.165) is 32.1 Å². The molecule has 2 aliphatic carbocycles. The first-order valence-electron chi connectivity index (χ1n) is 18.3. The fourth-order valence-corrected chi connectivity index (χ4v) is 8.41. The predicted molar refractivity (Wildman–Crippen MR) is 215 cm³/mol. The van der Waals surface area contributed by atoms with Crippen molar-refractivity contribution >= 4 is 34.0 Å². The molecule has 0 aliphatic heterocycles. The average Bonchev–Trinajstić information content (AvgIpc) is 3.71. The van der Waals surface area contributed by atoms with Crippen LogP contribution in [0.1, 0.15) is 46.5 Å². The van der Waals surface area contributed by atoms with Crippen LogP contribution in [0.3, 0.4) is 0 Å². The summed E-state index contributed by atoms with van der Waals surface area (Å²) in [7, 11) is 0. The fourth-order valence-electron chi connectivity index (χ4n) is 8.41. The molecule has 8 aromatic rings. The van der Waals surface area contributed by atoms with Gasteiger partial charge in [0.15, 0.2) is 0 Å². The third-order valence-corrected chi connectivity index (χ3v) is 10.9. The molecule has 2 aliphatic rings. The minimum atomic E-state index is 0.895. The first kappa shape index (κ1) is 29.8. The third-order valence-electron chi connectivity index (χ3n) is 10.9. The van der Waals surface area contributed by atoms with Crippen molar-refractivity contribution in [1.29, 1.82) is 0 Å². The highest BCUT2D eigenvalue weighted by atomic mass is 15.0. The van der Waals surface area contributed by atoms with Crippen LogP contribution >= 0.6 is 0 Å². The molecule has 51 heavy (non-hydrogen) atoms. The first-order chi connectivity index (χ1) is 25.3. The first-order valence-corrected chi connectivity index (χ1v) is 18.3. The number of fused-ring (bicyclic) bond motifs is 6. The van der Waals surface area contributed by atoms with Crippen molar-refractivity contribution in [3.05, 3.63) is 191 Å². The molecule has 0 amide bonds. The summed E-state index contributed by atoms with van der Waals surface area (Å²) >= 11 is 0. The van der Waals surface area contributed by atoms with Gasteiger partial charge in [-0.1, -0.05) is 121 Å². The molecule has 0 saturated heterocycles. The molecule has 2 aromatic heterocycles. The quantitative estimate of drug-likeness (QED) is 0.169. The van der Waals surface area contributed by atoms with E-state index in [4.69, 9.17) is 0 Å². The lowest BCUT2D eigenvalue weighted by Gasteiger charge is -2.14. The lowest BCUT2D eigenvalue weighted by Crippen LogP contribution is -2.01. The van der Waals surface area contributed by atoms with E-state index in [0.29, 0.717) is 0 Å². The van der Waals surface area contributed by atoms with Crippen molar-refractivity contribution in [2.45, 2.75) is 32.1 Å². The Morgan fingerprint density at radius 2 is 0.843 bits per heavy atom. The Balaban J connectivity index is 0.969. The molecule has 0 radical (unpaired) electrons. The summed E-state index contributed by atoms with van der Waals surface area (Å²) in [6.45, 7) is 0. The van der Waals surface area contributed by atoms with Crippen molar-refractivity contribution in [2.24, 2.45) is 0 Å². The molecular formula is C49H38N2. The summed E-state index contributed by atoms with van der Waals surface area (Å²) < 4.78 is 4.93. The smallest absolute Gasteiger partial charge is 0.0543 e. The topological polar surface area (TPSA) is 9.86 Å². The van der Waals surface area contributed by atoms with Gasteiger partial charge in [-0.3, -0.25) is 0 Å². The van der Waals surface area contributed by atoms with E-state index >= 15 is 0 Å². The highest BCUT2D eigenvalue weighted by molar-refractivity contribution is 5.95. The number of hydrogen-bond donors (Lipinski definition) is 0. The van der Waals surface area contributed by atoms with E-state index in [1.165, 1.54) is 89.1 Å². The zero-order chi connectivity index (χ0) is 33.7. The molecule has 2 heteroatoms. The Hall–Kier alpha value is -6.12. The summed E-state index contributed by atoms with van der Waals surface area (Å²) in [5, 5.41) is 2.73. The van der Waals surface area contributed by atoms with Gasteiger partial charge in [-0.05, 0) is 125 Å². The van der Waals surface area contributed by atoms with Gasteiger partial charge in [0.25, 0.3) is 0 Å². The Kier molecular flexibility index (Phi) is 7.20. The molecule has 0 bridgehead atoms. The maximum atomic E-state index is 2.46. The zero-order valence-electron chi connectivity index (χ0n) is 28.6. The monoisotopic (exact) mass is 654 g/mol. The SMILES string of the molecule is C1=Cc2c(c3ccc(-c4ccccc4)cc3n2-c2ccc(Cc3ccc(-n4c5c(c6ccc(-c7ccccc7)cc64)CCC=C5)cc3)cc2)CC1. The summed E-state index contributed by atoms with van der Waals surface area (Å²) in [5.74, 6) is 0. The number of rotatable bonds is 6. The van der Waals surface area contributed by atoms with Gasteiger partial charge in [-0.2, -0.15) is 0 Å². The summed E-state index contributed by atoms with van der Waals surface area (Å²) in [6, 6.07) is 53.8. The largest absolute Gasteiger partial charge is 0.310 e. The molecule has 2 heterocycles. The molecule has 6 aromatic carbocycles. The molecule has 2 nitrogen and oxygen atoms in total. The molecule has 244 valence electrons. The summed E-state index contributed by atoms with van der Waals surface area (Å²) in [4.78, 5) is 0. The van der Waals surface area contributed by atoms with Crippen molar-refractivity contribution in [2.75, 3.05) is 0 Å². The van der Waals surface area contributed by atoms with Crippen molar-refractivity contribution in [3.8, 4) is 33.6 Å². The van der Waals surface area contributed by atoms with Crippen LogP contribution in [-0.4, -0.2) is 9.13 Å². The van der Waals surface area contributed by atoms with Crippen molar-refractivity contribution in [3.63, 3.8) is 0 Å². The third kappa shape index (κ3) is 5.18. The van der Waals surface area contributed by atoms with Gasteiger partial charge in [-0.25, -0.2) is 0 Å².